The molecule has 0 bridgehead atoms. The van der Waals surface area contributed by atoms with Crippen LogP contribution < -0.4 is 10.1 Å². The number of benzene rings is 1. The number of rotatable bonds is 4. The summed E-state index contributed by atoms with van der Waals surface area (Å²) >= 11 is 0. The van der Waals surface area contributed by atoms with Gasteiger partial charge in [0, 0.05) is 31.1 Å². The molecule has 1 saturated heterocycles. The first kappa shape index (κ1) is 18.1. The first-order valence-electron chi connectivity index (χ1n) is 7.58. The van der Waals surface area contributed by atoms with Gasteiger partial charge in [0.2, 0.25) is 5.91 Å². The Kier molecular flexibility index (Phi) is 5.69. The third-order valence-corrected chi connectivity index (χ3v) is 4.04. The van der Waals surface area contributed by atoms with Crippen molar-refractivity contribution >= 4 is 11.8 Å². The SMILES string of the molecule is COc1ccccc1CNC(=O)C1CCN(C(=O)C(F)(F)F)CC1. The van der Waals surface area contributed by atoms with E-state index in [1.54, 1.807) is 6.07 Å². The maximum atomic E-state index is 12.4. The largest absolute Gasteiger partial charge is 0.496 e. The van der Waals surface area contributed by atoms with E-state index in [0.29, 0.717) is 5.75 Å². The smallest absolute Gasteiger partial charge is 0.471 e. The predicted molar refractivity (Wildman–Crippen MR) is 80.2 cm³/mol. The fourth-order valence-corrected chi connectivity index (χ4v) is 2.70. The molecule has 132 valence electrons. The molecule has 0 spiro atoms. The van der Waals surface area contributed by atoms with Crippen molar-refractivity contribution in [2.24, 2.45) is 5.92 Å². The Morgan fingerprint density at radius 3 is 2.46 bits per heavy atom. The van der Waals surface area contributed by atoms with Gasteiger partial charge in [-0.25, -0.2) is 0 Å². The molecular weight excluding hydrogens is 325 g/mol. The summed E-state index contributed by atoms with van der Waals surface area (Å²) in [5.41, 5.74) is 0.818. The number of piperidine rings is 1. The molecule has 1 aliphatic heterocycles. The van der Waals surface area contributed by atoms with Gasteiger partial charge in [-0.15, -0.1) is 0 Å². The minimum Gasteiger partial charge on any atom is -0.496 e. The van der Waals surface area contributed by atoms with Crippen LogP contribution in [0.25, 0.3) is 0 Å². The molecule has 0 aromatic heterocycles. The van der Waals surface area contributed by atoms with Crippen molar-refractivity contribution < 1.29 is 27.5 Å². The number of halogens is 3. The van der Waals surface area contributed by atoms with Gasteiger partial charge in [0.05, 0.1) is 7.11 Å². The van der Waals surface area contributed by atoms with Crippen molar-refractivity contribution in [1.29, 1.82) is 0 Å². The highest BCUT2D eigenvalue weighted by atomic mass is 19.4. The first-order valence-corrected chi connectivity index (χ1v) is 7.58. The van der Waals surface area contributed by atoms with E-state index < -0.39 is 18.0 Å². The molecule has 2 rings (SSSR count). The third kappa shape index (κ3) is 4.39. The van der Waals surface area contributed by atoms with E-state index in [-0.39, 0.29) is 38.4 Å². The second kappa shape index (κ2) is 7.55. The molecule has 2 amide bonds. The molecule has 0 aliphatic carbocycles. The van der Waals surface area contributed by atoms with Gasteiger partial charge in [-0.1, -0.05) is 18.2 Å². The van der Waals surface area contributed by atoms with Crippen molar-refractivity contribution in [3.05, 3.63) is 29.8 Å². The fourth-order valence-electron chi connectivity index (χ4n) is 2.70. The third-order valence-electron chi connectivity index (χ3n) is 4.04. The Bertz CT molecular complexity index is 596. The van der Waals surface area contributed by atoms with Gasteiger partial charge in [0.25, 0.3) is 0 Å². The van der Waals surface area contributed by atoms with Gasteiger partial charge >= 0.3 is 12.1 Å². The van der Waals surface area contributed by atoms with Crippen LogP contribution in [-0.2, 0) is 16.1 Å². The summed E-state index contributed by atoms with van der Waals surface area (Å²) in [5.74, 6) is -1.80. The van der Waals surface area contributed by atoms with E-state index in [0.717, 1.165) is 10.5 Å². The Morgan fingerprint density at radius 1 is 1.25 bits per heavy atom. The highest BCUT2D eigenvalue weighted by Crippen LogP contribution is 2.24. The Balaban J connectivity index is 1.84. The predicted octanol–water partition coefficient (Wildman–Crippen LogP) is 2.11. The summed E-state index contributed by atoms with van der Waals surface area (Å²) in [7, 11) is 1.54. The van der Waals surface area contributed by atoms with Crippen LogP contribution in [0.5, 0.6) is 5.75 Å². The number of hydrogen-bond acceptors (Lipinski definition) is 3. The van der Waals surface area contributed by atoms with Gasteiger partial charge in [0.15, 0.2) is 0 Å². The quantitative estimate of drug-likeness (QED) is 0.910. The summed E-state index contributed by atoms with van der Waals surface area (Å²) in [6.45, 7) is 0.153. The minimum absolute atomic E-state index is 0.0644. The molecule has 1 aromatic carbocycles. The number of carbonyl (C=O) groups excluding carboxylic acids is 2. The van der Waals surface area contributed by atoms with E-state index in [1.165, 1.54) is 7.11 Å². The van der Waals surface area contributed by atoms with Crippen molar-refractivity contribution in [2.45, 2.75) is 25.6 Å². The van der Waals surface area contributed by atoms with Crippen molar-refractivity contribution in [3.8, 4) is 5.75 Å². The molecule has 24 heavy (non-hydrogen) atoms. The van der Waals surface area contributed by atoms with Crippen LogP contribution in [0.3, 0.4) is 0 Å². The highest BCUT2D eigenvalue weighted by molar-refractivity contribution is 5.83. The second-order valence-corrected chi connectivity index (χ2v) is 5.59. The Labute approximate surface area is 137 Å². The van der Waals surface area contributed by atoms with Gasteiger partial charge in [-0.05, 0) is 18.9 Å². The number of hydrogen-bond donors (Lipinski definition) is 1. The lowest BCUT2D eigenvalue weighted by atomic mass is 9.95. The lowest BCUT2D eigenvalue weighted by molar-refractivity contribution is -0.186. The summed E-state index contributed by atoms with van der Waals surface area (Å²) in [6, 6.07) is 7.25. The van der Waals surface area contributed by atoms with Gasteiger partial charge < -0.3 is 15.0 Å². The molecule has 1 fully saturated rings. The summed E-state index contributed by atoms with van der Waals surface area (Å²) < 4.78 is 42.4. The average Bonchev–Trinajstić information content (AvgIpc) is 2.58. The Hall–Kier alpha value is -2.25. The molecule has 8 heteroatoms. The normalized spacial score (nSPS) is 15.9. The van der Waals surface area contributed by atoms with Gasteiger partial charge in [-0.3, -0.25) is 9.59 Å². The van der Waals surface area contributed by atoms with E-state index >= 15 is 0 Å². The van der Waals surface area contributed by atoms with Crippen molar-refractivity contribution in [2.75, 3.05) is 20.2 Å². The zero-order chi connectivity index (χ0) is 17.7. The van der Waals surface area contributed by atoms with Gasteiger partial charge in [0.1, 0.15) is 5.75 Å². The van der Waals surface area contributed by atoms with Crippen LogP contribution in [0.15, 0.2) is 24.3 Å². The average molecular weight is 344 g/mol. The lowest BCUT2D eigenvalue weighted by Gasteiger charge is -2.31. The summed E-state index contributed by atoms with van der Waals surface area (Å²) in [6.07, 6.45) is -4.42. The monoisotopic (exact) mass is 344 g/mol. The van der Waals surface area contributed by atoms with Crippen LogP contribution >= 0.6 is 0 Å². The Morgan fingerprint density at radius 2 is 1.88 bits per heavy atom. The molecule has 1 aliphatic rings. The number of carbonyl (C=O) groups is 2. The lowest BCUT2D eigenvalue weighted by Crippen LogP contribution is -2.47. The molecule has 0 saturated carbocycles. The van der Waals surface area contributed by atoms with Gasteiger partial charge in [-0.2, -0.15) is 13.2 Å². The summed E-state index contributed by atoms with van der Waals surface area (Å²) in [5, 5.41) is 2.77. The number of nitrogens with one attached hydrogen (secondary N) is 1. The number of likely N-dealkylation sites (tertiary alicyclic amines) is 1. The minimum atomic E-state index is -4.86. The van der Waals surface area contributed by atoms with Crippen LogP contribution in [0, 0.1) is 5.92 Å². The zero-order valence-electron chi connectivity index (χ0n) is 13.2. The van der Waals surface area contributed by atoms with E-state index in [4.69, 9.17) is 4.74 Å². The fraction of sp³-hybridized carbons (Fsp3) is 0.500. The van der Waals surface area contributed by atoms with E-state index in [2.05, 4.69) is 5.32 Å². The molecule has 0 radical (unpaired) electrons. The zero-order valence-corrected chi connectivity index (χ0v) is 13.2. The maximum Gasteiger partial charge on any atom is 0.471 e. The number of amides is 2. The summed E-state index contributed by atoms with van der Waals surface area (Å²) in [4.78, 5) is 24.1. The van der Waals surface area contributed by atoms with E-state index in [9.17, 15) is 22.8 Å². The van der Waals surface area contributed by atoms with Crippen molar-refractivity contribution in [3.63, 3.8) is 0 Å². The number of para-hydroxylation sites is 1. The second-order valence-electron chi connectivity index (χ2n) is 5.59. The van der Waals surface area contributed by atoms with Crippen LogP contribution in [-0.4, -0.2) is 43.1 Å². The number of alkyl halides is 3. The molecule has 0 atom stereocenters. The molecule has 1 heterocycles. The molecular formula is C16H19F3N2O3. The number of methoxy groups -OCH3 is 1. The highest BCUT2D eigenvalue weighted by Gasteiger charge is 2.43. The van der Waals surface area contributed by atoms with Crippen LogP contribution in [0.4, 0.5) is 13.2 Å². The molecule has 1 N–H and O–H groups in total. The first-order chi connectivity index (χ1) is 11.3. The topological polar surface area (TPSA) is 58.6 Å². The molecule has 1 aromatic rings. The van der Waals surface area contributed by atoms with Crippen LogP contribution in [0.2, 0.25) is 0 Å². The standard InChI is InChI=1S/C16H19F3N2O3/c1-24-13-5-3-2-4-12(13)10-20-14(22)11-6-8-21(9-7-11)15(23)16(17,18)19/h2-5,11H,6-10H2,1H3,(H,20,22). The van der Waals surface area contributed by atoms with Crippen molar-refractivity contribution in [1.82, 2.24) is 10.2 Å². The number of nitrogens with zero attached hydrogens (tertiary/aromatic N) is 1. The molecule has 5 nitrogen and oxygen atoms in total. The molecule has 0 unspecified atom stereocenters. The van der Waals surface area contributed by atoms with Crippen LogP contribution in [0.1, 0.15) is 18.4 Å². The number of ether oxygens (including phenoxy) is 1. The van der Waals surface area contributed by atoms with E-state index in [1.807, 2.05) is 18.2 Å². The maximum absolute atomic E-state index is 12.4.